The fraction of sp³-hybridized carbons (Fsp3) is 0.250. The Morgan fingerprint density at radius 3 is 3.07 bits per heavy atom. The molecule has 2 heterocycles. The summed E-state index contributed by atoms with van der Waals surface area (Å²) in [6.07, 6.45) is 1.52. The van der Waals surface area contributed by atoms with Gasteiger partial charge in [-0.1, -0.05) is 4.68 Å². The van der Waals surface area contributed by atoms with Gasteiger partial charge < -0.3 is 9.42 Å². The van der Waals surface area contributed by atoms with E-state index in [1.807, 2.05) is 5.38 Å². The van der Waals surface area contributed by atoms with Gasteiger partial charge in [0.2, 0.25) is 6.20 Å². The lowest BCUT2D eigenvalue weighted by atomic mass is 10.4. The normalized spacial score (nSPS) is 15.4. The maximum atomic E-state index is 11.7. The summed E-state index contributed by atoms with van der Waals surface area (Å²) in [7, 11) is -0.788. The van der Waals surface area contributed by atoms with E-state index in [2.05, 4.69) is 9.62 Å². The third-order valence-corrected chi connectivity index (χ3v) is 4.53. The summed E-state index contributed by atoms with van der Waals surface area (Å²) in [6.45, 7) is 0. The predicted molar refractivity (Wildman–Crippen MR) is 57.3 cm³/mol. The van der Waals surface area contributed by atoms with Crippen molar-refractivity contribution < 1.29 is 18.7 Å². The number of fused-ring (bicyclic) bond motifs is 1. The largest absolute Gasteiger partial charge is 0.366 e. The van der Waals surface area contributed by atoms with Crippen LogP contribution in [0, 0.1) is 0 Å². The van der Waals surface area contributed by atoms with Gasteiger partial charge in [0.1, 0.15) is 10.8 Å². The molecule has 80 valence electrons. The maximum Gasteiger partial charge on any atom is 0.366 e. The number of hydrogen-bond donors (Lipinski definition) is 1. The Bertz CT molecular complexity index is 554. The Kier molecular flexibility index (Phi) is 2.60. The smallest absolute Gasteiger partial charge is 0.321 e. The first-order valence-corrected chi connectivity index (χ1v) is 6.63. The molecular formula is C8H10N2O3PS+. The Morgan fingerprint density at radius 1 is 1.67 bits per heavy atom. The molecule has 0 fully saturated rings. The van der Waals surface area contributed by atoms with Crippen molar-refractivity contribution in [2.75, 3.05) is 7.11 Å². The van der Waals surface area contributed by atoms with E-state index in [0.29, 0.717) is 15.5 Å². The van der Waals surface area contributed by atoms with Crippen molar-refractivity contribution in [1.82, 2.24) is 5.10 Å². The maximum absolute atomic E-state index is 11.7. The van der Waals surface area contributed by atoms with Gasteiger partial charge in [0, 0.05) is 12.2 Å². The van der Waals surface area contributed by atoms with Crippen LogP contribution >= 0.6 is 18.9 Å². The van der Waals surface area contributed by atoms with Gasteiger partial charge in [0.25, 0.3) is 0 Å². The second-order valence-electron chi connectivity index (χ2n) is 3.03. The molecule has 0 aliphatic rings. The first-order chi connectivity index (χ1) is 7.04. The standard InChI is InChI=1S/C8H9N2O3PS/c1-10-5-7(14(11,12)13-2)8-6(9-10)3-4-15-8/h3-5H,1-2H3/p+1. The Morgan fingerprint density at radius 2 is 2.40 bits per heavy atom. The summed E-state index contributed by atoms with van der Waals surface area (Å²) in [5, 5.41) is 6.31. The lowest BCUT2D eigenvalue weighted by Gasteiger charge is -2.06. The molecule has 5 nitrogen and oxygen atoms in total. The predicted octanol–water partition coefficient (Wildman–Crippen LogP) is 0.578. The van der Waals surface area contributed by atoms with Gasteiger partial charge in [-0.3, -0.25) is 4.57 Å². The number of nitrogens with zero attached hydrogens (tertiary/aromatic N) is 2. The zero-order chi connectivity index (χ0) is 11.1. The summed E-state index contributed by atoms with van der Waals surface area (Å²) in [4.78, 5) is 9.63. The van der Waals surface area contributed by atoms with Gasteiger partial charge in [0.05, 0.1) is 4.70 Å². The van der Waals surface area contributed by atoms with Gasteiger partial charge >= 0.3 is 7.60 Å². The molecule has 1 atom stereocenters. The Labute approximate surface area is 90.5 Å². The second-order valence-corrected chi connectivity index (χ2v) is 5.83. The summed E-state index contributed by atoms with van der Waals surface area (Å²) in [6, 6.07) is 1.80. The summed E-state index contributed by atoms with van der Waals surface area (Å²) in [5.41, 5.74) is 0.700. The number of rotatable bonds is 2. The van der Waals surface area contributed by atoms with Crippen molar-refractivity contribution >= 4 is 34.5 Å². The molecule has 1 unspecified atom stereocenters. The number of thiophene rings is 1. The van der Waals surface area contributed by atoms with E-state index in [1.165, 1.54) is 29.3 Å². The van der Waals surface area contributed by atoms with Crippen LogP contribution in [0.15, 0.2) is 17.6 Å². The SMILES string of the molecule is COP(=O)(O)c1c[n+](C)nc2ccsc12. The fourth-order valence-electron chi connectivity index (χ4n) is 1.31. The lowest BCUT2D eigenvalue weighted by Crippen LogP contribution is -2.36. The molecule has 0 bridgehead atoms. The Hall–Kier alpha value is -0.810. The van der Waals surface area contributed by atoms with Gasteiger partial charge in [-0.05, 0) is 11.4 Å². The van der Waals surface area contributed by atoms with E-state index in [4.69, 9.17) is 0 Å². The van der Waals surface area contributed by atoms with Crippen LogP contribution in [0.1, 0.15) is 0 Å². The number of aryl methyl sites for hydroxylation is 1. The highest BCUT2D eigenvalue weighted by molar-refractivity contribution is 7.62. The molecule has 0 saturated carbocycles. The quantitative estimate of drug-likeness (QED) is 0.621. The van der Waals surface area contributed by atoms with E-state index in [1.54, 1.807) is 13.1 Å². The molecule has 0 radical (unpaired) electrons. The van der Waals surface area contributed by atoms with E-state index >= 15 is 0 Å². The van der Waals surface area contributed by atoms with Crippen LogP contribution in [0.3, 0.4) is 0 Å². The van der Waals surface area contributed by atoms with E-state index in [-0.39, 0.29) is 0 Å². The van der Waals surface area contributed by atoms with Crippen molar-refractivity contribution in [3.05, 3.63) is 17.6 Å². The van der Waals surface area contributed by atoms with Crippen LogP contribution in [0.25, 0.3) is 10.2 Å². The van der Waals surface area contributed by atoms with Gasteiger partial charge in [-0.15, -0.1) is 11.3 Å². The third kappa shape index (κ3) is 1.81. The van der Waals surface area contributed by atoms with Crippen LogP contribution in [-0.2, 0) is 16.1 Å². The fourth-order valence-corrected chi connectivity index (χ4v) is 3.43. The molecule has 0 aromatic carbocycles. The monoisotopic (exact) mass is 245 g/mol. The van der Waals surface area contributed by atoms with E-state index in [9.17, 15) is 9.46 Å². The molecule has 0 amide bonds. The molecule has 0 saturated heterocycles. The van der Waals surface area contributed by atoms with Crippen molar-refractivity contribution in [3.8, 4) is 0 Å². The number of hydrogen-bond acceptors (Lipinski definition) is 4. The van der Waals surface area contributed by atoms with Gasteiger partial charge in [0.15, 0.2) is 7.05 Å². The lowest BCUT2D eigenvalue weighted by molar-refractivity contribution is -0.727. The molecule has 15 heavy (non-hydrogen) atoms. The summed E-state index contributed by atoms with van der Waals surface area (Å²) < 4.78 is 18.6. The zero-order valence-electron chi connectivity index (χ0n) is 8.25. The molecule has 1 N–H and O–H groups in total. The average Bonchev–Trinajstić information content (AvgIpc) is 2.63. The second kappa shape index (κ2) is 3.64. The van der Waals surface area contributed by atoms with E-state index in [0.717, 1.165) is 0 Å². The van der Waals surface area contributed by atoms with Gasteiger partial charge in [-0.2, -0.15) is 0 Å². The molecule has 7 heteroatoms. The van der Waals surface area contributed by atoms with Crippen LogP contribution in [0.5, 0.6) is 0 Å². The highest BCUT2D eigenvalue weighted by atomic mass is 32.1. The number of aromatic nitrogens is 2. The average molecular weight is 245 g/mol. The summed E-state index contributed by atoms with van der Waals surface area (Å²) >= 11 is 1.38. The molecule has 0 spiro atoms. The molecule has 2 aromatic heterocycles. The molecule has 2 aromatic rings. The van der Waals surface area contributed by atoms with Crippen LogP contribution in [-0.4, -0.2) is 17.1 Å². The molecule has 0 aliphatic carbocycles. The highest BCUT2D eigenvalue weighted by Crippen LogP contribution is 2.41. The van der Waals surface area contributed by atoms with Crippen molar-refractivity contribution in [2.45, 2.75) is 0 Å². The molecular weight excluding hydrogens is 235 g/mol. The third-order valence-electron chi connectivity index (χ3n) is 2.00. The van der Waals surface area contributed by atoms with Crippen LogP contribution in [0.4, 0.5) is 0 Å². The minimum absolute atomic E-state index is 0.299. The van der Waals surface area contributed by atoms with Crippen molar-refractivity contribution in [3.63, 3.8) is 0 Å². The zero-order valence-corrected chi connectivity index (χ0v) is 9.96. The minimum atomic E-state index is -3.72. The van der Waals surface area contributed by atoms with Crippen LogP contribution in [0.2, 0.25) is 0 Å². The van der Waals surface area contributed by atoms with Crippen molar-refractivity contribution in [2.24, 2.45) is 7.05 Å². The highest BCUT2D eigenvalue weighted by Gasteiger charge is 2.28. The first-order valence-electron chi connectivity index (χ1n) is 4.18. The molecule has 0 aliphatic heterocycles. The van der Waals surface area contributed by atoms with Crippen LogP contribution < -0.4 is 9.99 Å². The Balaban J connectivity index is 2.79. The topological polar surface area (TPSA) is 63.3 Å². The summed E-state index contributed by atoms with van der Waals surface area (Å²) in [5.74, 6) is 0. The van der Waals surface area contributed by atoms with Gasteiger partial charge in [-0.25, -0.2) is 0 Å². The minimum Gasteiger partial charge on any atom is -0.321 e. The van der Waals surface area contributed by atoms with E-state index < -0.39 is 7.60 Å². The first kappa shape index (κ1) is 10.7. The molecule has 2 rings (SSSR count). The van der Waals surface area contributed by atoms with Crippen molar-refractivity contribution in [1.29, 1.82) is 0 Å².